The van der Waals surface area contributed by atoms with E-state index in [2.05, 4.69) is 5.32 Å². The van der Waals surface area contributed by atoms with Gasteiger partial charge in [0, 0.05) is 25.6 Å². The normalized spacial score (nSPS) is 15.1. The van der Waals surface area contributed by atoms with E-state index in [1.165, 1.54) is 12.1 Å². The van der Waals surface area contributed by atoms with E-state index in [4.69, 9.17) is 0 Å². The number of halogens is 3. The number of piperidine rings is 1. The molecular weight excluding hydrogens is 393 g/mol. The third-order valence-corrected chi connectivity index (χ3v) is 5.33. The number of alkyl halides is 3. The molecule has 160 valence electrons. The second kappa shape index (κ2) is 9.78. The summed E-state index contributed by atoms with van der Waals surface area (Å²) in [6.45, 7) is 1.06. The van der Waals surface area contributed by atoms with E-state index in [1.54, 1.807) is 4.90 Å². The van der Waals surface area contributed by atoms with E-state index in [9.17, 15) is 22.8 Å². The second-order valence-corrected chi connectivity index (χ2v) is 7.58. The molecule has 0 bridgehead atoms. The average molecular weight is 418 g/mol. The second-order valence-electron chi connectivity index (χ2n) is 7.58. The summed E-state index contributed by atoms with van der Waals surface area (Å²) in [6, 6.07) is 14.6. The van der Waals surface area contributed by atoms with Crippen LogP contribution in [0.3, 0.4) is 0 Å². The monoisotopic (exact) mass is 418 g/mol. The summed E-state index contributed by atoms with van der Waals surface area (Å²) in [5, 5.41) is 3.04. The van der Waals surface area contributed by atoms with Crippen molar-refractivity contribution in [3.05, 3.63) is 71.3 Å². The van der Waals surface area contributed by atoms with Crippen molar-refractivity contribution in [1.82, 2.24) is 10.2 Å². The van der Waals surface area contributed by atoms with Gasteiger partial charge in [0.1, 0.15) is 0 Å². The fourth-order valence-corrected chi connectivity index (χ4v) is 3.57. The molecule has 2 amide bonds. The van der Waals surface area contributed by atoms with Gasteiger partial charge in [0.25, 0.3) is 0 Å². The summed E-state index contributed by atoms with van der Waals surface area (Å²) in [7, 11) is 0. The van der Waals surface area contributed by atoms with Gasteiger partial charge in [-0.05, 0) is 42.5 Å². The van der Waals surface area contributed by atoms with Crippen molar-refractivity contribution < 1.29 is 22.8 Å². The van der Waals surface area contributed by atoms with Crippen LogP contribution in [0.2, 0.25) is 0 Å². The molecule has 3 rings (SSSR count). The van der Waals surface area contributed by atoms with Gasteiger partial charge in [-0.3, -0.25) is 9.59 Å². The van der Waals surface area contributed by atoms with Gasteiger partial charge in [-0.15, -0.1) is 0 Å². The van der Waals surface area contributed by atoms with Crippen molar-refractivity contribution in [3.63, 3.8) is 0 Å². The van der Waals surface area contributed by atoms with Crippen LogP contribution in [-0.2, 0) is 28.6 Å². The molecule has 2 aromatic carbocycles. The van der Waals surface area contributed by atoms with Gasteiger partial charge in [0.15, 0.2) is 0 Å². The minimum Gasteiger partial charge on any atom is -0.353 e. The van der Waals surface area contributed by atoms with Crippen LogP contribution in [0.5, 0.6) is 0 Å². The number of carbonyl (C=O) groups excluding carboxylic acids is 2. The Balaban J connectivity index is 1.40. The van der Waals surface area contributed by atoms with E-state index < -0.39 is 11.7 Å². The number of hydrogen-bond acceptors (Lipinski definition) is 2. The molecule has 0 aliphatic carbocycles. The zero-order valence-corrected chi connectivity index (χ0v) is 16.6. The van der Waals surface area contributed by atoms with E-state index in [0.717, 1.165) is 17.7 Å². The lowest BCUT2D eigenvalue weighted by Crippen LogP contribution is -2.47. The smallest absolute Gasteiger partial charge is 0.353 e. The first-order valence-corrected chi connectivity index (χ1v) is 10.1. The van der Waals surface area contributed by atoms with Crippen LogP contribution in [0.1, 0.15) is 36.0 Å². The zero-order chi connectivity index (χ0) is 21.6. The highest BCUT2D eigenvalue weighted by atomic mass is 19.4. The number of aryl methyl sites for hydroxylation is 1. The van der Waals surface area contributed by atoms with Crippen LogP contribution < -0.4 is 5.32 Å². The molecule has 0 radical (unpaired) electrons. The molecule has 0 unspecified atom stereocenters. The Kier molecular flexibility index (Phi) is 7.13. The number of hydrogen-bond donors (Lipinski definition) is 1. The molecule has 1 saturated heterocycles. The molecule has 1 aliphatic heterocycles. The molecule has 0 aromatic heterocycles. The molecule has 1 N–H and O–H groups in total. The van der Waals surface area contributed by atoms with Crippen molar-refractivity contribution in [1.29, 1.82) is 0 Å². The summed E-state index contributed by atoms with van der Waals surface area (Å²) in [4.78, 5) is 26.3. The van der Waals surface area contributed by atoms with Crippen LogP contribution in [-0.4, -0.2) is 35.8 Å². The maximum Gasteiger partial charge on any atom is 0.416 e. The molecule has 1 fully saturated rings. The maximum atomic E-state index is 12.6. The van der Waals surface area contributed by atoms with Gasteiger partial charge in [-0.25, -0.2) is 0 Å². The van der Waals surface area contributed by atoms with Crippen LogP contribution in [0.15, 0.2) is 54.6 Å². The van der Waals surface area contributed by atoms with Crippen LogP contribution in [0.4, 0.5) is 13.2 Å². The molecule has 7 heteroatoms. The van der Waals surface area contributed by atoms with E-state index in [0.29, 0.717) is 44.3 Å². The largest absolute Gasteiger partial charge is 0.416 e. The van der Waals surface area contributed by atoms with Gasteiger partial charge >= 0.3 is 6.18 Å². The number of carbonyl (C=O) groups is 2. The van der Waals surface area contributed by atoms with Gasteiger partial charge in [-0.2, -0.15) is 13.2 Å². The molecule has 1 heterocycles. The van der Waals surface area contributed by atoms with Gasteiger partial charge in [-0.1, -0.05) is 42.5 Å². The predicted molar refractivity (Wildman–Crippen MR) is 108 cm³/mol. The van der Waals surface area contributed by atoms with E-state index in [-0.39, 0.29) is 24.3 Å². The molecular formula is C23H25F3N2O2. The molecule has 0 spiro atoms. The van der Waals surface area contributed by atoms with Crippen LogP contribution in [0, 0.1) is 0 Å². The standard InChI is InChI=1S/C23H25F3N2O2/c24-23(25,26)19-9-6-18(7-10-19)16-22(30)28-14-12-20(13-15-28)27-21(29)11-8-17-4-2-1-3-5-17/h1-7,9-10,20H,8,11-16H2,(H,27,29). The first-order valence-electron chi connectivity index (χ1n) is 10.1. The van der Waals surface area contributed by atoms with Gasteiger partial charge in [0.2, 0.25) is 11.8 Å². The molecule has 30 heavy (non-hydrogen) atoms. The minimum atomic E-state index is -4.38. The van der Waals surface area contributed by atoms with Gasteiger partial charge < -0.3 is 10.2 Å². The SMILES string of the molecule is O=C(CCc1ccccc1)NC1CCN(C(=O)Cc2ccc(C(F)(F)F)cc2)CC1. The Bertz CT molecular complexity index is 843. The lowest BCUT2D eigenvalue weighted by molar-refractivity contribution is -0.137. The third-order valence-electron chi connectivity index (χ3n) is 5.33. The molecule has 4 nitrogen and oxygen atoms in total. The zero-order valence-electron chi connectivity index (χ0n) is 16.6. The lowest BCUT2D eigenvalue weighted by Gasteiger charge is -2.32. The number of nitrogens with one attached hydrogen (secondary N) is 1. The highest BCUT2D eigenvalue weighted by molar-refractivity contribution is 5.79. The molecule has 1 aliphatic rings. The van der Waals surface area contributed by atoms with Gasteiger partial charge in [0.05, 0.1) is 12.0 Å². The molecule has 0 saturated carbocycles. The van der Waals surface area contributed by atoms with Crippen molar-refractivity contribution in [3.8, 4) is 0 Å². The minimum absolute atomic E-state index is 0.00776. The molecule has 2 aromatic rings. The first kappa shape index (κ1) is 21.9. The summed E-state index contributed by atoms with van der Waals surface area (Å²) >= 11 is 0. The maximum absolute atomic E-state index is 12.6. The first-order chi connectivity index (χ1) is 14.3. The highest BCUT2D eigenvalue weighted by Crippen LogP contribution is 2.29. The number of likely N-dealkylation sites (tertiary alicyclic amines) is 1. The summed E-state index contributed by atoms with van der Waals surface area (Å²) in [5.74, 6) is -0.100. The number of amides is 2. The van der Waals surface area contributed by atoms with Crippen LogP contribution >= 0.6 is 0 Å². The topological polar surface area (TPSA) is 49.4 Å². The number of benzene rings is 2. The summed E-state index contributed by atoms with van der Waals surface area (Å²) in [5.41, 5.74) is 0.961. The van der Waals surface area contributed by atoms with Crippen molar-refractivity contribution in [2.75, 3.05) is 13.1 Å². The van der Waals surface area contributed by atoms with E-state index >= 15 is 0 Å². The Morgan fingerprint density at radius 1 is 0.933 bits per heavy atom. The average Bonchev–Trinajstić information content (AvgIpc) is 2.73. The fraction of sp³-hybridized carbons (Fsp3) is 0.391. The van der Waals surface area contributed by atoms with Crippen molar-refractivity contribution >= 4 is 11.8 Å². The Morgan fingerprint density at radius 2 is 1.57 bits per heavy atom. The predicted octanol–water partition coefficient (Wildman–Crippen LogP) is 3.99. The van der Waals surface area contributed by atoms with E-state index in [1.807, 2.05) is 30.3 Å². The summed E-state index contributed by atoms with van der Waals surface area (Å²) < 4.78 is 37.9. The Hall–Kier alpha value is -2.83. The quantitative estimate of drug-likeness (QED) is 0.771. The number of rotatable bonds is 6. The van der Waals surface area contributed by atoms with Crippen molar-refractivity contribution in [2.24, 2.45) is 0 Å². The van der Waals surface area contributed by atoms with Crippen molar-refractivity contribution in [2.45, 2.75) is 44.3 Å². The Labute approximate surface area is 174 Å². The summed E-state index contributed by atoms with van der Waals surface area (Å²) in [6.07, 6.45) is -1.83. The Morgan fingerprint density at radius 3 is 2.17 bits per heavy atom. The fourth-order valence-electron chi connectivity index (χ4n) is 3.57. The van der Waals surface area contributed by atoms with Crippen LogP contribution in [0.25, 0.3) is 0 Å². The molecule has 0 atom stereocenters. The lowest BCUT2D eigenvalue weighted by atomic mass is 10.0. The number of nitrogens with zero attached hydrogens (tertiary/aromatic N) is 1. The third kappa shape index (κ3) is 6.34. The highest BCUT2D eigenvalue weighted by Gasteiger charge is 2.30.